The van der Waals surface area contributed by atoms with Gasteiger partial charge < -0.3 is 19.7 Å². The largest absolute Gasteiger partial charge is 0.444 e. The summed E-state index contributed by atoms with van der Waals surface area (Å²) in [4.78, 5) is 23.6. The number of aryl methyl sites for hydroxylation is 1. The fraction of sp³-hybridized carbons (Fsp3) is 0.538. The maximum atomic E-state index is 11.7. The fourth-order valence-corrected chi connectivity index (χ4v) is 4.09. The molecule has 1 saturated heterocycles. The number of rotatable bonds is 9. The van der Waals surface area contributed by atoms with Gasteiger partial charge in [0.15, 0.2) is 0 Å². The minimum atomic E-state index is -0.462. The number of unbranched alkanes of at least 4 members (excludes halogenated alkanes) is 3. The summed E-state index contributed by atoms with van der Waals surface area (Å²) in [6.45, 7) is 10.3. The first kappa shape index (κ1) is 24.9. The summed E-state index contributed by atoms with van der Waals surface area (Å²) in [5.41, 5.74) is 4.26. The molecule has 0 aliphatic carbocycles. The van der Waals surface area contributed by atoms with Gasteiger partial charge in [-0.1, -0.05) is 18.9 Å². The predicted octanol–water partition coefficient (Wildman–Crippen LogP) is 4.42. The molecule has 0 saturated carbocycles. The molecule has 188 valence electrons. The normalized spacial score (nSPS) is 14.3. The van der Waals surface area contributed by atoms with Crippen molar-refractivity contribution in [1.82, 2.24) is 25.1 Å². The topological polar surface area (TPSA) is 94.4 Å². The number of para-hydroxylation sites is 1. The summed E-state index contributed by atoms with van der Waals surface area (Å²) < 4.78 is 12.7. The first-order valence-electron chi connectivity index (χ1n) is 12.5. The van der Waals surface area contributed by atoms with Crippen LogP contribution in [0.4, 0.5) is 10.5 Å². The van der Waals surface area contributed by atoms with E-state index < -0.39 is 5.60 Å². The minimum absolute atomic E-state index is 0.351. The molecule has 1 fully saturated rings. The molecule has 1 amide bonds. The molecule has 4 rings (SSSR count). The van der Waals surface area contributed by atoms with Gasteiger partial charge in [0.05, 0.1) is 42.5 Å². The van der Waals surface area contributed by atoms with Crippen molar-refractivity contribution in [3.63, 3.8) is 0 Å². The highest BCUT2D eigenvalue weighted by molar-refractivity contribution is 5.89. The number of alkyl carbamates (subject to hydrolysis) is 1. The molecule has 2 aromatic heterocycles. The number of hydrogen-bond acceptors (Lipinski definition) is 7. The number of carbonyl (C=O) groups excluding carboxylic acids is 1. The highest BCUT2D eigenvalue weighted by Crippen LogP contribution is 2.27. The molecular weight excluding hydrogens is 444 g/mol. The second-order valence-electron chi connectivity index (χ2n) is 9.83. The van der Waals surface area contributed by atoms with Crippen LogP contribution in [0.5, 0.6) is 0 Å². The Morgan fingerprint density at radius 3 is 2.71 bits per heavy atom. The molecule has 1 aliphatic heterocycles. The van der Waals surface area contributed by atoms with E-state index in [0.29, 0.717) is 6.54 Å². The summed E-state index contributed by atoms with van der Waals surface area (Å²) in [5.74, 6) is 0. The lowest BCUT2D eigenvalue weighted by atomic mass is 10.2. The van der Waals surface area contributed by atoms with Crippen molar-refractivity contribution in [3.8, 4) is 11.3 Å². The standard InChI is InChI=1S/C26H36N6O3/c1-26(2,3)35-25(33)27-11-6-4-5-7-12-32-19-20(17-29-32)22-18-28-21-9-8-10-23(24(21)30-22)31-13-15-34-16-14-31/h8-10,17-19H,4-7,11-16H2,1-3H3,(H,27,33). The number of nitrogens with one attached hydrogen (secondary N) is 1. The molecule has 35 heavy (non-hydrogen) atoms. The Hall–Kier alpha value is -3.20. The number of morpholine rings is 1. The zero-order valence-corrected chi connectivity index (χ0v) is 21.0. The van der Waals surface area contributed by atoms with Crippen molar-refractivity contribution in [2.75, 3.05) is 37.7 Å². The average molecular weight is 481 g/mol. The number of fused-ring (bicyclic) bond motifs is 1. The van der Waals surface area contributed by atoms with Crippen LogP contribution < -0.4 is 10.2 Å². The Labute approximate surface area is 206 Å². The third kappa shape index (κ3) is 7.14. The van der Waals surface area contributed by atoms with Gasteiger partial charge in [-0.15, -0.1) is 0 Å². The highest BCUT2D eigenvalue weighted by Gasteiger charge is 2.17. The summed E-state index contributed by atoms with van der Waals surface area (Å²) >= 11 is 0. The van der Waals surface area contributed by atoms with Crippen LogP contribution in [0.15, 0.2) is 36.8 Å². The Kier molecular flexibility index (Phi) is 8.17. The van der Waals surface area contributed by atoms with Crippen molar-refractivity contribution >= 4 is 22.8 Å². The number of nitrogens with zero attached hydrogens (tertiary/aromatic N) is 5. The SMILES string of the molecule is CC(C)(C)OC(=O)NCCCCCCn1cc(-c2cnc3cccc(N4CCOCC4)c3n2)cn1. The van der Waals surface area contributed by atoms with Gasteiger partial charge in [0.2, 0.25) is 0 Å². The van der Waals surface area contributed by atoms with Gasteiger partial charge in [-0.25, -0.2) is 9.78 Å². The zero-order valence-electron chi connectivity index (χ0n) is 21.0. The van der Waals surface area contributed by atoms with E-state index in [1.165, 1.54) is 0 Å². The first-order valence-corrected chi connectivity index (χ1v) is 12.5. The van der Waals surface area contributed by atoms with Crippen molar-refractivity contribution in [3.05, 3.63) is 36.8 Å². The lowest BCUT2D eigenvalue weighted by molar-refractivity contribution is 0.0527. The number of carbonyl (C=O) groups is 1. The Morgan fingerprint density at radius 2 is 1.91 bits per heavy atom. The highest BCUT2D eigenvalue weighted by atomic mass is 16.6. The fourth-order valence-electron chi connectivity index (χ4n) is 4.09. The second-order valence-corrected chi connectivity index (χ2v) is 9.83. The molecule has 1 aromatic carbocycles. The van der Waals surface area contributed by atoms with Gasteiger partial charge in [0.1, 0.15) is 11.1 Å². The van der Waals surface area contributed by atoms with Crippen LogP contribution in [0.3, 0.4) is 0 Å². The molecule has 9 heteroatoms. The van der Waals surface area contributed by atoms with Crippen LogP contribution in [0.2, 0.25) is 0 Å². The molecule has 0 atom stereocenters. The molecule has 0 radical (unpaired) electrons. The number of ether oxygens (including phenoxy) is 2. The monoisotopic (exact) mass is 480 g/mol. The molecule has 0 spiro atoms. The molecule has 0 unspecified atom stereocenters. The predicted molar refractivity (Wildman–Crippen MR) is 136 cm³/mol. The van der Waals surface area contributed by atoms with Crippen LogP contribution in [0, 0.1) is 0 Å². The Bertz CT molecular complexity index is 1120. The van der Waals surface area contributed by atoms with Gasteiger partial charge in [-0.05, 0) is 45.7 Å². The summed E-state index contributed by atoms with van der Waals surface area (Å²) in [6.07, 6.45) is 9.45. The second kappa shape index (κ2) is 11.5. The lowest BCUT2D eigenvalue weighted by Crippen LogP contribution is -2.36. The van der Waals surface area contributed by atoms with Crippen LogP contribution >= 0.6 is 0 Å². The van der Waals surface area contributed by atoms with E-state index in [1.54, 1.807) is 0 Å². The van der Waals surface area contributed by atoms with Crippen molar-refractivity contribution in [2.24, 2.45) is 0 Å². The smallest absolute Gasteiger partial charge is 0.407 e. The van der Waals surface area contributed by atoms with Gasteiger partial charge >= 0.3 is 6.09 Å². The minimum Gasteiger partial charge on any atom is -0.444 e. The molecular formula is C26H36N6O3. The summed E-state index contributed by atoms with van der Waals surface area (Å²) in [5, 5.41) is 7.33. The number of anilines is 1. The van der Waals surface area contributed by atoms with E-state index >= 15 is 0 Å². The lowest BCUT2D eigenvalue weighted by Gasteiger charge is -2.29. The van der Waals surface area contributed by atoms with Gasteiger partial charge in [-0.2, -0.15) is 5.10 Å². The molecule has 1 aliphatic rings. The van der Waals surface area contributed by atoms with E-state index in [2.05, 4.69) is 26.4 Å². The maximum absolute atomic E-state index is 11.7. The van der Waals surface area contributed by atoms with Crippen molar-refractivity contribution in [2.45, 2.75) is 58.6 Å². The molecule has 3 heterocycles. The quantitative estimate of drug-likeness (QED) is 0.453. The number of aromatic nitrogens is 4. The Morgan fingerprint density at radius 1 is 1.11 bits per heavy atom. The van der Waals surface area contributed by atoms with E-state index in [0.717, 1.165) is 86.5 Å². The maximum Gasteiger partial charge on any atom is 0.407 e. The number of hydrogen-bond donors (Lipinski definition) is 1. The first-order chi connectivity index (χ1) is 16.9. The van der Waals surface area contributed by atoms with Crippen LogP contribution in [0.25, 0.3) is 22.3 Å². The molecule has 9 nitrogen and oxygen atoms in total. The van der Waals surface area contributed by atoms with Crippen molar-refractivity contribution < 1.29 is 14.3 Å². The molecule has 3 aromatic rings. The van der Waals surface area contributed by atoms with Gasteiger partial charge in [0, 0.05) is 37.9 Å². The van der Waals surface area contributed by atoms with E-state index in [4.69, 9.17) is 14.5 Å². The van der Waals surface area contributed by atoms with Crippen LogP contribution in [-0.2, 0) is 16.0 Å². The van der Waals surface area contributed by atoms with E-state index in [1.807, 2.05) is 56.2 Å². The van der Waals surface area contributed by atoms with Crippen molar-refractivity contribution in [1.29, 1.82) is 0 Å². The van der Waals surface area contributed by atoms with Crippen LogP contribution in [-0.4, -0.2) is 64.3 Å². The Balaban J connectivity index is 1.27. The molecule has 1 N–H and O–H groups in total. The third-order valence-corrected chi connectivity index (χ3v) is 5.81. The van der Waals surface area contributed by atoms with E-state index in [9.17, 15) is 4.79 Å². The van der Waals surface area contributed by atoms with Gasteiger partial charge in [0.25, 0.3) is 0 Å². The zero-order chi connectivity index (χ0) is 24.7. The summed E-state index contributed by atoms with van der Waals surface area (Å²) in [6, 6.07) is 6.15. The van der Waals surface area contributed by atoms with Gasteiger partial charge in [-0.3, -0.25) is 9.67 Å². The number of amides is 1. The van der Waals surface area contributed by atoms with Crippen LogP contribution in [0.1, 0.15) is 46.5 Å². The summed E-state index contributed by atoms with van der Waals surface area (Å²) in [7, 11) is 0. The number of benzene rings is 1. The average Bonchev–Trinajstić information content (AvgIpc) is 3.31. The third-order valence-electron chi connectivity index (χ3n) is 5.81. The van der Waals surface area contributed by atoms with E-state index in [-0.39, 0.29) is 6.09 Å². The molecule has 0 bridgehead atoms.